The van der Waals surface area contributed by atoms with Gasteiger partial charge in [0.1, 0.15) is 34.8 Å². The number of hydrogen-bond acceptors (Lipinski definition) is 8. The highest BCUT2D eigenvalue weighted by molar-refractivity contribution is 6.10. The first-order valence-electron chi connectivity index (χ1n) is 13.3. The van der Waals surface area contributed by atoms with Crippen molar-refractivity contribution in [2.75, 3.05) is 31.5 Å². The number of likely N-dealkylation sites (tertiary alicyclic amines) is 2. The van der Waals surface area contributed by atoms with Crippen molar-refractivity contribution >= 4 is 34.3 Å². The maximum Gasteiger partial charge on any atom is 0.245 e. The minimum absolute atomic E-state index is 0.0126. The highest BCUT2D eigenvalue weighted by atomic mass is 16.3. The molecule has 0 bridgehead atoms. The van der Waals surface area contributed by atoms with E-state index in [0.29, 0.717) is 24.2 Å². The van der Waals surface area contributed by atoms with Crippen LogP contribution in [0, 0.1) is 18.3 Å². The van der Waals surface area contributed by atoms with Gasteiger partial charge in [0.05, 0.1) is 12.8 Å². The van der Waals surface area contributed by atoms with Crippen molar-refractivity contribution in [3.63, 3.8) is 0 Å². The highest BCUT2D eigenvalue weighted by Gasteiger charge is 2.32. The Balaban J connectivity index is 1.44. The first kappa shape index (κ1) is 26.1. The van der Waals surface area contributed by atoms with Gasteiger partial charge >= 0.3 is 0 Å². The van der Waals surface area contributed by atoms with Crippen LogP contribution in [0.4, 0.5) is 5.69 Å². The Kier molecular flexibility index (Phi) is 7.68. The number of nitriles is 1. The van der Waals surface area contributed by atoms with Crippen LogP contribution in [-0.4, -0.2) is 59.6 Å². The molecule has 4 heterocycles. The largest absolute Gasteiger partial charge is 0.461 e. The summed E-state index contributed by atoms with van der Waals surface area (Å²) in [7, 11) is 0. The fourth-order valence-corrected chi connectivity index (χ4v) is 5.12. The van der Waals surface area contributed by atoms with Gasteiger partial charge in [-0.1, -0.05) is 0 Å². The second kappa shape index (κ2) is 11.5. The highest BCUT2D eigenvalue weighted by Crippen LogP contribution is 2.25. The van der Waals surface area contributed by atoms with Crippen molar-refractivity contribution in [2.45, 2.75) is 45.1 Å². The van der Waals surface area contributed by atoms with Crippen molar-refractivity contribution in [3.05, 3.63) is 65.6 Å². The minimum Gasteiger partial charge on any atom is -0.461 e. The molecule has 1 aromatic carbocycles. The van der Waals surface area contributed by atoms with Crippen molar-refractivity contribution in [2.24, 2.45) is 0 Å². The van der Waals surface area contributed by atoms with Crippen molar-refractivity contribution < 1.29 is 23.2 Å². The summed E-state index contributed by atoms with van der Waals surface area (Å²) in [6.45, 7) is 3.81. The second-order valence-electron chi connectivity index (χ2n) is 9.94. The van der Waals surface area contributed by atoms with E-state index in [1.165, 1.54) is 12.3 Å². The number of nitrogens with one attached hydrogen (secondary N) is 2. The summed E-state index contributed by atoms with van der Waals surface area (Å²) in [4.78, 5) is 43.0. The lowest BCUT2D eigenvalue weighted by Gasteiger charge is -2.28. The van der Waals surface area contributed by atoms with Gasteiger partial charge in [0.25, 0.3) is 0 Å². The van der Waals surface area contributed by atoms with E-state index in [1.54, 1.807) is 28.0 Å². The molecule has 202 valence electrons. The molecule has 3 aromatic rings. The predicted molar refractivity (Wildman–Crippen MR) is 143 cm³/mol. The summed E-state index contributed by atoms with van der Waals surface area (Å²) in [5.74, 6) is -0.0230. The lowest BCUT2D eigenvalue weighted by atomic mass is 10.1. The van der Waals surface area contributed by atoms with Gasteiger partial charge in [-0.3, -0.25) is 14.4 Å². The molecule has 2 aliphatic rings. The monoisotopic (exact) mass is 529 g/mol. The maximum absolute atomic E-state index is 13.6. The molecule has 0 spiro atoms. The fraction of sp³-hybridized carbons (Fsp3) is 0.379. The van der Waals surface area contributed by atoms with E-state index in [2.05, 4.69) is 10.6 Å². The molecular formula is C29H31N5O5. The number of amides is 2. The number of carbonyl (C=O) groups is 3. The molecule has 10 heteroatoms. The standard InChI is InChI=1S/C29H31N5O5/c1-19-15-20-16-21(9-10-24(20)39-19)31-28(22(17-30)27(36)25-8-6-14-38-25)32-23-7-2-3-13-34(29(23)37)18-26(35)33-11-4-5-12-33/h6,8-10,14-16,23,31-32H,2-5,7,11-13,18H2,1H3/b28-22-/t23-/m0/s1. The van der Waals surface area contributed by atoms with Gasteiger partial charge in [-0.25, -0.2) is 0 Å². The summed E-state index contributed by atoms with van der Waals surface area (Å²) in [5, 5.41) is 17.2. The van der Waals surface area contributed by atoms with Crippen LogP contribution in [0.25, 0.3) is 11.0 Å². The topological polar surface area (TPSA) is 132 Å². The van der Waals surface area contributed by atoms with Gasteiger partial charge in [-0.05, 0) is 75.4 Å². The third kappa shape index (κ3) is 5.82. The van der Waals surface area contributed by atoms with Crippen LogP contribution in [0.1, 0.15) is 48.4 Å². The number of aryl methyl sites for hydroxylation is 1. The number of ketones is 1. The molecule has 2 N–H and O–H groups in total. The molecule has 2 aliphatic heterocycles. The molecule has 10 nitrogen and oxygen atoms in total. The Morgan fingerprint density at radius 1 is 1.10 bits per heavy atom. The van der Waals surface area contributed by atoms with Gasteiger partial charge in [0, 0.05) is 30.7 Å². The Hall–Kier alpha value is -4.52. The van der Waals surface area contributed by atoms with Crippen LogP contribution in [-0.2, 0) is 9.59 Å². The molecule has 2 aromatic heterocycles. The molecule has 0 saturated carbocycles. The fourth-order valence-electron chi connectivity index (χ4n) is 5.12. The van der Waals surface area contributed by atoms with Crippen LogP contribution < -0.4 is 10.6 Å². The van der Waals surface area contributed by atoms with Crippen LogP contribution in [0.3, 0.4) is 0 Å². The molecule has 39 heavy (non-hydrogen) atoms. The van der Waals surface area contributed by atoms with E-state index in [1.807, 2.05) is 25.1 Å². The second-order valence-corrected chi connectivity index (χ2v) is 9.94. The quantitative estimate of drug-likeness (QED) is 0.255. The molecular weight excluding hydrogens is 498 g/mol. The van der Waals surface area contributed by atoms with E-state index >= 15 is 0 Å². The van der Waals surface area contributed by atoms with E-state index in [0.717, 1.165) is 49.9 Å². The molecule has 1 atom stereocenters. The van der Waals surface area contributed by atoms with Gasteiger partial charge in [0.2, 0.25) is 17.6 Å². The van der Waals surface area contributed by atoms with Gasteiger partial charge in [-0.15, -0.1) is 0 Å². The number of allylic oxidation sites excluding steroid dienone is 1. The number of hydrogen-bond donors (Lipinski definition) is 2. The summed E-state index contributed by atoms with van der Waals surface area (Å²) in [6, 6.07) is 11.6. The zero-order valence-electron chi connectivity index (χ0n) is 21.9. The molecule has 2 saturated heterocycles. The first-order chi connectivity index (χ1) is 18.9. The zero-order chi connectivity index (χ0) is 27.4. The van der Waals surface area contributed by atoms with Crippen LogP contribution in [0.2, 0.25) is 0 Å². The molecule has 2 fully saturated rings. The van der Waals surface area contributed by atoms with E-state index < -0.39 is 11.8 Å². The number of fused-ring (bicyclic) bond motifs is 1. The Labute approximate surface area is 226 Å². The number of carbonyl (C=O) groups excluding carboxylic acids is 3. The summed E-state index contributed by atoms with van der Waals surface area (Å²) in [6.07, 6.45) is 5.33. The Morgan fingerprint density at radius 3 is 2.64 bits per heavy atom. The number of anilines is 1. The molecule has 5 rings (SSSR count). The maximum atomic E-state index is 13.6. The molecule has 2 amide bonds. The number of nitrogens with zero attached hydrogens (tertiary/aromatic N) is 3. The molecule has 0 aliphatic carbocycles. The number of Topliss-reactive ketones (excluding diaryl/α,β-unsaturated/α-hetero) is 1. The van der Waals surface area contributed by atoms with Crippen LogP contribution in [0.15, 0.2) is 62.9 Å². The SMILES string of the molecule is Cc1cc2cc(N/C(N[C@H]3CCCCN(CC(=O)N4CCCC4)C3=O)=C(\C#N)C(=O)c3ccco3)ccc2o1. The van der Waals surface area contributed by atoms with Gasteiger partial charge < -0.3 is 29.3 Å². The molecule has 0 radical (unpaired) electrons. The van der Waals surface area contributed by atoms with Crippen LogP contribution in [0.5, 0.6) is 0 Å². The number of furan rings is 2. The number of benzene rings is 1. The van der Waals surface area contributed by atoms with Crippen molar-refractivity contribution in [3.8, 4) is 6.07 Å². The average molecular weight is 530 g/mol. The van der Waals surface area contributed by atoms with Crippen molar-refractivity contribution in [1.82, 2.24) is 15.1 Å². The van der Waals surface area contributed by atoms with Crippen molar-refractivity contribution in [1.29, 1.82) is 5.26 Å². The molecule has 0 unspecified atom stereocenters. The smallest absolute Gasteiger partial charge is 0.245 e. The zero-order valence-corrected chi connectivity index (χ0v) is 21.9. The lowest BCUT2D eigenvalue weighted by molar-refractivity contribution is -0.140. The third-order valence-electron chi connectivity index (χ3n) is 7.13. The Morgan fingerprint density at radius 2 is 1.90 bits per heavy atom. The minimum atomic E-state index is -0.728. The van der Waals surface area contributed by atoms with E-state index in [4.69, 9.17) is 8.83 Å². The first-order valence-corrected chi connectivity index (χ1v) is 13.3. The summed E-state index contributed by atoms with van der Waals surface area (Å²) in [5.41, 5.74) is 1.10. The van der Waals surface area contributed by atoms with Gasteiger partial charge in [-0.2, -0.15) is 5.26 Å². The van der Waals surface area contributed by atoms with E-state index in [-0.39, 0.29) is 35.5 Å². The Bertz CT molecular complexity index is 1440. The number of rotatable bonds is 8. The normalized spacial score (nSPS) is 18.5. The van der Waals surface area contributed by atoms with E-state index in [9.17, 15) is 19.6 Å². The van der Waals surface area contributed by atoms with Gasteiger partial charge in [0.15, 0.2) is 5.76 Å². The third-order valence-corrected chi connectivity index (χ3v) is 7.13. The predicted octanol–water partition coefficient (Wildman–Crippen LogP) is 3.96. The lowest BCUT2D eigenvalue weighted by Crippen LogP contribution is -2.49. The summed E-state index contributed by atoms with van der Waals surface area (Å²) < 4.78 is 10.9. The summed E-state index contributed by atoms with van der Waals surface area (Å²) >= 11 is 0. The van der Waals surface area contributed by atoms with Crippen LogP contribution >= 0.6 is 0 Å². The average Bonchev–Trinajstić information content (AvgIpc) is 3.69.